The standard InChI is InChI=1S/C22H29NO5/c1-13-9-18(20(24)17-6-4-5-16-15(3)7-8-23(16)17)27-22(11-13)12-14(2)10-19(28-22)21(25)26/h4-6,13,15,18-20,24H,2,7-12H2,1,3H3/p+1/t13-,15+,18+,19+,20-,22+/m0/s1. The number of pyridine rings is 1. The van der Waals surface area contributed by atoms with Crippen LogP contribution in [-0.4, -0.2) is 34.2 Å². The van der Waals surface area contributed by atoms with Gasteiger partial charge in [0.25, 0.3) is 0 Å². The molecule has 4 rings (SSSR count). The van der Waals surface area contributed by atoms with Gasteiger partial charge in [0.15, 0.2) is 23.7 Å². The molecule has 0 aromatic carbocycles. The summed E-state index contributed by atoms with van der Waals surface area (Å²) >= 11 is 0. The van der Waals surface area contributed by atoms with Crippen molar-refractivity contribution in [2.24, 2.45) is 5.92 Å². The lowest BCUT2D eigenvalue weighted by Crippen LogP contribution is -2.54. The SMILES string of the molecule is C=C1C[C@H](C(=O)O)O[C@@]2(C1)C[C@@H](C)C[C@H]([C@@H](O)c1cccc3[n+]1CC[C@H]3C)O2. The Hall–Kier alpha value is -1.76. The van der Waals surface area contributed by atoms with Gasteiger partial charge in [-0.15, -0.1) is 0 Å². The van der Waals surface area contributed by atoms with Gasteiger partial charge in [0.1, 0.15) is 6.54 Å². The molecule has 3 aliphatic rings. The van der Waals surface area contributed by atoms with Gasteiger partial charge in [0.05, 0.1) is 6.10 Å². The summed E-state index contributed by atoms with van der Waals surface area (Å²) in [7, 11) is 0. The molecule has 0 bridgehead atoms. The predicted molar refractivity (Wildman–Crippen MR) is 102 cm³/mol. The largest absolute Gasteiger partial charge is 0.479 e. The number of nitrogens with zero attached hydrogens (tertiary/aromatic N) is 1. The summed E-state index contributed by atoms with van der Waals surface area (Å²) in [5, 5.41) is 20.7. The quantitative estimate of drug-likeness (QED) is 0.615. The number of carboxylic acid groups (broad SMARTS) is 1. The molecular weight excluding hydrogens is 358 g/mol. The van der Waals surface area contributed by atoms with Crippen molar-refractivity contribution in [2.45, 2.75) is 82.5 Å². The number of ether oxygens (including phenoxy) is 2. The summed E-state index contributed by atoms with van der Waals surface area (Å²) in [4.78, 5) is 11.5. The number of carbonyl (C=O) groups is 1. The van der Waals surface area contributed by atoms with E-state index in [2.05, 4.69) is 31.1 Å². The molecule has 3 aliphatic heterocycles. The third-order valence-corrected chi connectivity index (χ3v) is 6.39. The molecule has 0 radical (unpaired) electrons. The zero-order valence-electron chi connectivity index (χ0n) is 16.6. The normalized spacial score (nSPS) is 36.3. The van der Waals surface area contributed by atoms with Crippen LogP contribution in [0.4, 0.5) is 0 Å². The third kappa shape index (κ3) is 3.49. The van der Waals surface area contributed by atoms with Gasteiger partial charge in [0.2, 0.25) is 5.69 Å². The summed E-state index contributed by atoms with van der Waals surface area (Å²) in [6.07, 6.45) is 0.987. The van der Waals surface area contributed by atoms with Crippen LogP contribution in [0.1, 0.15) is 69.4 Å². The predicted octanol–water partition coefficient (Wildman–Crippen LogP) is 2.85. The molecule has 6 heteroatoms. The second-order valence-corrected chi connectivity index (χ2v) is 8.85. The van der Waals surface area contributed by atoms with Crippen LogP contribution in [0.2, 0.25) is 0 Å². The Morgan fingerprint density at radius 2 is 2.14 bits per heavy atom. The summed E-state index contributed by atoms with van der Waals surface area (Å²) in [6.45, 7) is 9.22. The van der Waals surface area contributed by atoms with Gasteiger partial charge in [-0.2, -0.15) is 4.57 Å². The van der Waals surface area contributed by atoms with Crippen molar-refractivity contribution in [1.29, 1.82) is 0 Å². The number of rotatable bonds is 3. The Morgan fingerprint density at radius 1 is 1.36 bits per heavy atom. The molecule has 0 amide bonds. The first-order valence-corrected chi connectivity index (χ1v) is 10.2. The number of aliphatic hydroxyl groups is 1. The average Bonchev–Trinajstić information content (AvgIpc) is 3.01. The highest BCUT2D eigenvalue weighted by Crippen LogP contribution is 2.45. The van der Waals surface area contributed by atoms with Gasteiger partial charge >= 0.3 is 5.97 Å². The summed E-state index contributed by atoms with van der Waals surface area (Å²) in [5.41, 5.74) is 2.92. The molecule has 6 nitrogen and oxygen atoms in total. The second kappa shape index (κ2) is 7.25. The topological polar surface area (TPSA) is 79.9 Å². The summed E-state index contributed by atoms with van der Waals surface area (Å²) < 4.78 is 14.5. The fourth-order valence-electron chi connectivity index (χ4n) is 5.14. The van der Waals surface area contributed by atoms with Crippen molar-refractivity contribution in [3.63, 3.8) is 0 Å². The zero-order valence-corrected chi connectivity index (χ0v) is 16.6. The van der Waals surface area contributed by atoms with Gasteiger partial charge in [-0.05, 0) is 18.4 Å². The first-order chi connectivity index (χ1) is 13.3. The third-order valence-electron chi connectivity index (χ3n) is 6.39. The fourth-order valence-corrected chi connectivity index (χ4v) is 5.14. The van der Waals surface area contributed by atoms with Crippen LogP contribution in [0.3, 0.4) is 0 Å². The lowest BCUT2D eigenvalue weighted by Gasteiger charge is -2.48. The molecule has 6 atom stereocenters. The molecule has 4 heterocycles. The molecule has 2 N–H and O–H groups in total. The maximum absolute atomic E-state index is 11.5. The van der Waals surface area contributed by atoms with Crippen molar-refractivity contribution in [3.05, 3.63) is 41.7 Å². The Labute approximate surface area is 165 Å². The molecule has 28 heavy (non-hydrogen) atoms. The van der Waals surface area contributed by atoms with Crippen LogP contribution < -0.4 is 4.57 Å². The van der Waals surface area contributed by atoms with Crippen molar-refractivity contribution in [2.75, 3.05) is 0 Å². The minimum Gasteiger partial charge on any atom is -0.479 e. The van der Waals surface area contributed by atoms with Gasteiger partial charge in [-0.25, -0.2) is 4.79 Å². The molecule has 0 saturated carbocycles. The average molecular weight is 388 g/mol. The molecule has 0 aliphatic carbocycles. The highest BCUT2D eigenvalue weighted by molar-refractivity contribution is 5.73. The van der Waals surface area contributed by atoms with Crippen LogP contribution in [0.5, 0.6) is 0 Å². The minimum atomic E-state index is -1.02. The van der Waals surface area contributed by atoms with Crippen molar-refractivity contribution in [3.8, 4) is 0 Å². The molecular formula is C22H30NO5+. The fraction of sp³-hybridized carbons (Fsp3) is 0.636. The van der Waals surface area contributed by atoms with Crippen LogP contribution in [0.15, 0.2) is 30.4 Å². The Balaban J connectivity index is 1.61. The summed E-state index contributed by atoms with van der Waals surface area (Å²) in [6, 6.07) is 6.07. The van der Waals surface area contributed by atoms with Crippen molar-refractivity contribution in [1.82, 2.24) is 0 Å². The van der Waals surface area contributed by atoms with E-state index in [4.69, 9.17) is 9.47 Å². The molecule has 1 aromatic rings. The maximum Gasteiger partial charge on any atom is 0.333 e. The smallest absolute Gasteiger partial charge is 0.333 e. The van der Waals surface area contributed by atoms with E-state index in [1.807, 2.05) is 12.1 Å². The molecule has 2 fully saturated rings. The number of fused-ring (bicyclic) bond motifs is 1. The van der Waals surface area contributed by atoms with E-state index >= 15 is 0 Å². The number of aliphatic carboxylic acids is 1. The first-order valence-electron chi connectivity index (χ1n) is 10.2. The maximum atomic E-state index is 11.5. The van der Waals surface area contributed by atoms with E-state index in [-0.39, 0.29) is 5.92 Å². The second-order valence-electron chi connectivity index (χ2n) is 8.85. The number of hydrogen-bond donors (Lipinski definition) is 2. The van der Waals surface area contributed by atoms with E-state index < -0.39 is 30.1 Å². The minimum absolute atomic E-state index is 0.245. The lowest BCUT2D eigenvalue weighted by atomic mass is 9.83. The van der Waals surface area contributed by atoms with E-state index in [0.717, 1.165) is 24.2 Å². The van der Waals surface area contributed by atoms with Gasteiger partial charge in [-0.3, -0.25) is 0 Å². The molecule has 2 saturated heterocycles. The van der Waals surface area contributed by atoms with Crippen molar-refractivity contribution >= 4 is 5.97 Å². The molecule has 152 valence electrons. The van der Waals surface area contributed by atoms with Gasteiger partial charge < -0.3 is 19.7 Å². The van der Waals surface area contributed by atoms with Crippen LogP contribution in [-0.2, 0) is 20.8 Å². The highest BCUT2D eigenvalue weighted by Gasteiger charge is 2.50. The van der Waals surface area contributed by atoms with Crippen LogP contribution in [0.25, 0.3) is 0 Å². The van der Waals surface area contributed by atoms with Crippen molar-refractivity contribution < 1.29 is 29.0 Å². The zero-order chi connectivity index (χ0) is 20.1. The molecule has 1 aromatic heterocycles. The highest BCUT2D eigenvalue weighted by atomic mass is 16.7. The first kappa shape index (κ1) is 19.6. The lowest BCUT2D eigenvalue weighted by molar-refractivity contribution is -0.702. The van der Waals surface area contributed by atoms with E-state index in [0.29, 0.717) is 31.6 Å². The number of aromatic nitrogens is 1. The van der Waals surface area contributed by atoms with E-state index in [1.54, 1.807) is 0 Å². The van der Waals surface area contributed by atoms with Gasteiger partial charge in [0, 0.05) is 43.7 Å². The number of carboxylic acids is 1. The number of hydrogen-bond acceptors (Lipinski definition) is 4. The Morgan fingerprint density at radius 3 is 2.89 bits per heavy atom. The Bertz CT molecular complexity index is 793. The van der Waals surface area contributed by atoms with Gasteiger partial charge in [-0.1, -0.05) is 26.0 Å². The molecule has 1 spiro atoms. The van der Waals surface area contributed by atoms with E-state index in [1.165, 1.54) is 5.69 Å². The summed E-state index contributed by atoms with van der Waals surface area (Å²) in [5.74, 6) is -1.29. The molecule has 0 unspecified atom stereocenters. The van der Waals surface area contributed by atoms with Crippen LogP contribution in [0, 0.1) is 5.92 Å². The van der Waals surface area contributed by atoms with Crippen LogP contribution >= 0.6 is 0 Å². The monoisotopic (exact) mass is 388 g/mol. The Kier molecular flexibility index (Phi) is 5.06. The number of aliphatic hydroxyl groups excluding tert-OH is 1. The van der Waals surface area contributed by atoms with E-state index in [9.17, 15) is 15.0 Å².